The number of nitrogens with zero attached hydrogens (tertiary/aromatic N) is 2. The minimum atomic E-state index is -0.370. The Morgan fingerprint density at radius 1 is 1.38 bits per heavy atom. The zero-order valence-corrected chi connectivity index (χ0v) is 15.4. The summed E-state index contributed by atoms with van der Waals surface area (Å²) in [5.74, 6) is 0.443. The summed E-state index contributed by atoms with van der Waals surface area (Å²) in [6, 6.07) is 5.84. The number of aromatic hydroxyl groups is 1. The zero-order valence-electron chi connectivity index (χ0n) is 14.6. The average Bonchev–Trinajstić information content (AvgIpc) is 2.61. The summed E-state index contributed by atoms with van der Waals surface area (Å²) < 4.78 is 0. The highest BCUT2D eigenvalue weighted by Crippen LogP contribution is 2.27. The zero-order chi connectivity index (χ0) is 18.8. The lowest BCUT2D eigenvalue weighted by atomic mass is 10.0. The number of rotatable bonds is 5. The van der Waals surface area contributed by atoms with Gasteiger partial charge in [-0.15, -0.1) is 0 Å². The molecule has 3 rings (SSSR count). The maximum atomic E-state index is 12.7. The van der Waals surface area contributed by atoms with E-state index in [0.717, 1.165) is 12.0 Å². The van der Waals surface area contributed by atoms with E-state index in [1.807, 2.05) is 0 Å². The molecule has 7 heteroatoms. The van der Waals surface area contributed by atoms with Crippen molar-refractivity contribution in [1.29, 1.82) is 0 Å². The Hall–Kier alpha value is -2.60. The van der Waals surface area contributed by atoms with E-state index in [4.69, 9.17) is 11.6 Å². The van der Waals surface area contributed by atoms with Crippen molar-refractivity contribution < 1.29 is 14.7 Å². The first-order chi connectivity index (χ1) is 12.3. The Balaban J connectivity index is 1.87. The molecule has 0 aliphatic carbocycles. The van der Waals surface area contributed by atoms with Gasteiger partial charge in [0.1, 0.15) is 11.6 Å². The number of aromatic nitrogens is 1. The average molecular weight is 374 g/mol. The number of fused-ring (bicyclic) bond motifs is 1. The monoisotopic (exact) mass is 373 g/mol. The van der Waals surface area contributed by atoms with Crippen LogP contribution in [0.1, 0.15) is 41.8 Å². The molecule has 0 radical (unpaired) electrons. The number of phenols is 1. The number of carbonyl (C=O) groups excluding carboxylic acids is 2. The molecule has 0 bridgehead atoms. The first kappa shape index (κ1) is 18.2. The molecule has 1 aromatic carbocycles. The summed E-state index contributed by atoms with van der Waals surface area (Å²) in [7, 11) is 0. The molecule has 0 fully saturated rings. The van der Waals surface area contributed by atoms with Crippen LogP contribution in [0.25, 0.3) is 0 Å². The number of amides is 2. The SMILES string of the molecule is CC(C)CCN1Cc2cc(C(=O)c3cc(Cl)ccc3O)cnc2NC1=O. The summed E-state index contributed by atoms with van der Waals surface area (Å²) in [5.41, 5.74) is 1.22. The predicted octanol–water partition coefficient (Wildman–Crippen LogP) is 4.07. The van der Waals surface area contributed by atoms with Crippen molar-refractivity contribution in [3.8, 4) is 5.75 Å². The molecule has 0 atom stereocenters. The van der Waals surface area contributed by atoms with Gasteiger partial charge in [-0.05, 0) is 36.6 Å². The van der Waals surface area contributed by atoms with E-state index in [0.29, 0.717) is 35.4 Å². The second-order valence-corrected chi connectivity index (χ2v) is 7.19. The van der Waals surface area contributed by atoms with Crippen molar-refractivity contribution in [2.45, 2.75) is 26.8 Å². The fourth-order valence-electron chi connectivity index (χ4n) is 2.77. The lowest BCUT2D eigenvalue weighted by Gasteiger charge is -2.29. The quantitative estimate of drug-likeness (QED) is 0.774. The molecule has 0 unspecified atom stereocenters. The largest absolute Gasteiger partial charge is 0.507 e. The van der Waals surface area contributed by atoms with Crippen LogP contribution in [0.4, 0.5) is 10.6 Å². The highest BCUT2D eigenvalue weighted by Gasteiger charge is 2.25. The van der Waals surface area contributed by atoms with E-state index in [1.54, 1.807) is 11.0 Å². The number of hydrogen-bond donors (Lipinski definition) is 2. The molecular weight excluding hydrogens is 354 g/mol. The van der Waals surface area contributed by atoms with Gasteiger partial charge in [-0.3, -0.25) is 10.1 Å². The number of halogens is 1. The number of ketones is 1. The molecule has 0 saturated heterocycles. The van der Waals surface area contributed by atoms with Gasteiger partial charge in [0.15, 0.2) is 5.78 Å². The number of phenolic OH excluding ortho intramolecular Hbond substituents is 1. The Bertz CT molecular complexity index is 867. The third kappa shape index (κ3) is 3.80. The smallest absolute Gasteiger partial charge is 0.323 e. The van der Waals surface area contributed by atoms with Crippen LogP contribution < -0.4 is 5.32 Å². The van der Waals surface area contributed by atoms with Crippen molar-refractivity contribution in [3.63, 3.8) is 0 Å². The topological polar surface area (TPSA) is 82.5 Å². The molecule has 2 N–H and O–H groups in total. The molecule has 1 aromatic heterocycles. The van der Waals surface area contributed by atoms with Gasteiger partial charge in [-0.1, -0.05) is 25.4 Å². The molecule has 0 spiro atoms. The summed E-state index contributed by atoms with van der Waals surface area (Å²) in [6.45, 7) is 5.23. The molecule has 1 aliphatic rings. The summed E-state index contributed by atoms with van der Waals surface area (Å²) >= 11 is 5.93. The lowest BCUT2D eigenvalue weighted by molar-refractivity contribution is 0.103. The second-order valence-electron chi connectivity index (χ2n) is 6.76. The van der Waals surface area contributed by atoms with Gasteiger partial charge in [0.2, 0.25) is 0 Å². The van der Waals surface area contributed by atoms with Crippen LogP contribution in [-0.2, 0) is 6.54 Å². The fourth-order valence-corrected chi connectivity index (χ4v) is 2.94. The van der Waals surface area contributed by atoms with E-state index < -0.39 is 0 Å². The fraction of sp³-hybridized carbons (Fsp3) is 0.316. The number of anilines is 1. The lowest BCUT2D eigenvalue weighted by Crippen LogP contribution is -2.40. The molecule has 2 amide bonds. The standard InChI is InChI=1S/C19H20ClN3O3/c1-11(2)5-6-23-10-13-7-12(9-21-18(13)22-19(23)26)17(25)15-8-14(20)3-4-16(15)24/h3-4,7-9,11,24H,5-6,10H2,1-2H3,(H,21,22,26). The van der Waals surface area contributed by atoms with E-state index in [2.05, 4.69) is 24.1 Å². The number of carbonyl (C=O) groups is 2. The summed E-state index contributed by atoms with van der Waals surface area (Å²) in [6.07, 6.45) is 2.29. The van der Waals surface area contributed by atoms with Gasteiger partial charge < -0.3 is 10.0 Å². The third-order valence-corrected chi connectivity index (χ3v) is 4.52. The van der Waals surface area contributed by atoms with Crippen molar-refractivity contribution in [2.24, 2.45) is 5.92 Å². The molecule has 1 aliphatic heterocycles. The Labute approximate surface area is 156 Å². The molecule has 0 saturated carbocycles. The van der Waals surface area contributed by atoms with Crippen LogP contribution in [0.3, 0.4) is 0 Å². The van der Waals surface area contributed by atoms with Crippen LogP contribution in [0.5, 0.6) is 5.75 Å². The second kappa shape index (κ2) is 7.33. The molecule has 136 valence electrons. The van der Waals surface area contributed by atoms with Gasteiger partial charge >= 0.3 is 6.03 Å². The van der Waals surface area contributed by atoms with E-state index in [9.17, 15) is 14.7 Å². The van der Waals surface area contributed by atoms with E-state index in [1.165, 1.54) is 24.4 Å². The Morgan fingerprint density at radius 3 is 2.88 bits per heavy atom. The van der Waals surface area contributed by atoms with E-state index in [-0.39, 0.29) is 23.1 Å². The summed E-state index contributed by atoms with van der Waals surface area (Å²) in [4.78, 5) is 30.8. The number of hydrogen-bond acceptors (Lipinski definition) is 4. The van der Waals surface area contributed by atoms with Crippen molar-refractivity contribution in [3.05, 3.63) is 52.2 Å². The van der Waals surface area contributed by atoms with Crippen molar-refractivity contribution >= 4 is 29.2 Å². The number of pyridine rings is 1. The Kier molecular flexibility index (Phi) is 5.13. The van der Waals surface area contributed by atoms with Gasteiger partial charge in [0.25, 0.3) is 0 Å². The predicted molar refractivity (Wildman–Crippen MR) is 99.7 cm³/mol. The van der Waals surface area contributed by atoms with Gasteiger partial charge in [0, 0.05) is 28.9 Å². The molecular formula is C19H20ClN3O3. The molecule has 2 aromatic rings. The van der Waals surface area contributed by atoms with Gasteiger partial charge in [0.05, 0.1) is 12.1 Å². The Morgan fingerprint density at radius 2 is 2.15 bits per heavy atom. The highest BCUT2D eigenvalue weighted by molar-refractivity contribution is 6.31. The molecule has 6 nitrogen and oxygen atoms in total. The number of nitrogens with one attached hydrogen (secondary N) is 1. The normalized spacial score (nSPS) is 13.5. The molecule has 26 heavy (non-hydrogen) atoms. The van der Waals surface area contributed by atoms with Crippen LogP contribution in [0, 0.1) is 5.92 Å². The maximum Gasteiger partial charge on any atom is 0.323 e. The number of benzene rings is 1. The van der Waals surface area contributed by atoms with Crippen molar-refractivity contribution in [1.82, 2.24) is 9.88 Å². The van der Waals surface area contributed by atoms with Gasteiger partial charge in [-0.25, -0.2) is 9.78 Å². The van der Waals surface area contributed by atoms with Crippen LogP contribution >= 0.6 is 11.6 Å². The van der Waals surface area contributed by atoms with Crippen LogP contribution in [-0.4, -0.2) is 33.3 Å². The first-order valence-corrected chi connectivity index (χ1v) is 8.81. The van der Waals surface area contributed by atoms with Crippen LogP contribution in [0.15, 0.2) is 30.5 Å². The molecule has 2 heterocycles. The van der Waals surface area contributed by atoms with Gasteiger partial charge in [-0.2, -0.15) is 0 Å². The minimum Gasteiger partial charge on any atom is -0.507 e. The van der Waals surface area contributed by atoms with Crippen molar-refractivity contribution in [2.75, 3.05) is 11.9 Å². The highest BCUT2D eigenvalue weighted by atomic mass is 35.5. The summed E-state index contributed by atoms with van der Waals surface area (Å²) in [5, 5.41) is 13.1. The van der Waals surface area contributed by atoms with Crippen LogP contribution in [0.2, 0.25) is 5.02 Å². The maximum absolute atomic E-state index is 12.7. The first-order valence-electron chi connectivity index (χ1n) is 8.43. The van der Waals surface area contributed by atoms with E-state index >= 15 is 0 Å². The third-order valence-electron chi connectivity index (χ3n) is 4.28. The number of urea groups is 1. The minimum absolute atomic E-state index is 0.121.